The standard InChI is InChI=1S/C13H20O4/c1-6-9(2)12(16)17-13(4,5)8-7-10(3)11(14)15/h6-7H,8H2,1-5H3,(H,14,15). The molecule has 1 N–H and O–H groups in total. The first-order valence-corrected chi connectivity index (χ1v) is 5.46. The van der Waals surface area contributed by atoms with E-state index in [4.69, 9.17) is 9.84 Å². The van der Waals surface area contributed by atoms with E-state index >= 15 is 0 Å². The highest BCUT2D eigenvalue weighted by Crippen LogP contribution is 2.18. The molecule has 4 nitrogen and oxygen atoms in total. The van der Waals surface area contributed by atoms with Crippen molar-refractivity contribution in [1.29, 1.82) is 0 Å². The Labute approximate surface area is 102 Å². The zero-order chi connectivity index (χ0) is 13.6. The number of hydrogen-bond donors (Lipinski definition) is 1. The Morgan fingerprint density at radius 2 is 1.76 bits per heavy atom. The van der Waals surface area contributed by atoms with Gasteiger partial charge in [-0.2, -0.15) is 0 Å². The Balaban J connectivity index is 4.55. The number of esters is 1. The van der Waals surface area contributed by atoms with Crippen LogP contribution in [0.3, 0.4) is 0 Å². The quantitative estimate of drug-likeness (QED) is 0.592. The fourth-order valence-corrected chi connectivity index (χ4v) is 0.977. The Morgan fingerprint density at radius 3 is 2.18 bits per heavy atom. The fourth-order valence-electron chi connectivity index (χ4n) is 0.977. The molecule has 0 bridgehead atoms. The lowest BCUT2D eigenvalue weighted by atomic mass is 10.0. The zero-order valence-corrected chi connectivity index (χ0v) is 11.0. The van der Waals surface area contributed by atoms with Gasteiger partial charge in [-0.05, 0) is 34.6 Å². The van der Waals surface area contributed by atoms with E-state index in [1.54, 1.807) is 39.8 Å². The molecule has 0 aromatic rings. The van der Waals surface area contributed by atoms with Crippen molar-refractivity contribution < 1.29 is 19.4 Å². The number of hydrogen-bond acceptors (Lipinski definition) is 3. The van der Waals surface area contributed by atoms with Crippen LogP contribution >= 0.6 is 0 Å². The summed E-state index contributed by atoms with van der Waals surface area (Å²) in [5.41, 5.74) is 0.0758. The number of carboxylic acids is 1. The highest BCUT2D eigenvalue weighted by atomic mass is 16.6. The lowest BCUT2D eigenvalue weighted by Gasteiger charge is -2.24. The van der Waals surface area contributed by atoms with Crippen molar-refractivity contribution in [1.82, 2.24) is 0 Å². The van der Waals surface area contributed by atoms with Gasteiger partial charge < -0.3 is 9.84 Å². The van der Waals surface area contributed by atoms with Gasteiger partial charge in [0, 0.05) is 17.6 Å². The van der Waals surface area contributed by atoms with Crippen molar-refractivity contribution in [2.24, 2.45) is 0 Å². The molecule has 0 atom stereocenters. The Hall–Kier alpha value is -1.58. The van der Waals surface area contributed by atoms with Gasteiger partial charge in [0.25, 0.3) is 0 Å². The average Bonchev–Trinajstić information content (AvgIpc) is 2.23. The minimum absolute atomic E-state index is 0.247. The molecule has 0 spiro atoms. The van der Waals surface area contributed by atoms with Crippen LogP contribution in [0.15, 0.2) is 23.3 Å². The monoisotopic (exact) mass is 240 g/mol. The molecule has 96 valence electrons. The molecule has 0 fully saturated rings. The maximum Gasteiger partial charge on any atom is 0.333 e. The van der Waals surface area contributed by atoms with E-state index in [0.717, 1.165) is 0 Å². The molecule has 0 radical (unpaired) electrons. The maximum atomic E-state index is 11.5. The molecule has 0 aromatic carbocycles. The van der Waals surface area contributed by atoms with Crippen LogP contribution in [-0.2, 0) is 14.3 Å². The van der Waals surface area contributed by atoms with Gasteiger partial charge in [-0.3, -0.25) is 0 Å². The van der Waals surface area contributed by atoms with Crippen molar-refractivity contribution in [2.75, 3.05) is 0 Å². The van der Waals surface area contributed by atoms with E-state index in [1.165, 1.54) is 6.92 Å². The second-order valence-corrected chi connectivity index (χ2v) is 4.52. The minimum atomic E-state index is -0.961. The van der Waals surface area contributed by atoms with E-state index in [2.05, 4.69) is 0 Å². The summed E-state index contributed by atoms with van der Waals surface area (Å²) in [4.78, 5) is 22.1. The SMILES string of the molecule is CC=C(C)C(=O)OC(C)(C)CC=C(C)C(=O)O. The number of ether oxygens (including phenoxy) is 1. The lowest BCUT2D eigenvalue weighted by molar-refractivity contribution is -0.151. The van der Waals surface area contributed by atoms with E-state index in [0.29, 0.717) is 12.0 Å². The van der Waals surface area contributed by atoms with Crippen LogP contribution in [0.2, 0.25) is 0 Å². The number of carbonyl (C=O) groups excluding carboxylic acids is 1. The van der Waals surface area contributed by atoms with Crippen LogP contribution in [-0.4, -0.2) is 22.6 Å². The first kappa shape index (κ1) is 15.4. The number of carbonyl (C=O) groups is 2. The van der Waals surface area contributed by atoms with E-state index in [-0.39, 0.29) is 11.5 Å². The van der Waals surface area contributed by atoms with Gasteiger partial charge in [0.15, 0.2) is 0 Å². The smallest absolute Gasteiger partial charge is 0.333 e. The molecule has 0 heterocycles. The zero-order valence-electron chi connectivity index (χ0n) is 11.0. The first-order chi connectivity index (χ1) is 7.69. The molecule has 0 unspecified atom stereocenters. The fraction of sp³-hybridized carbons (Fsp3) is 0.538. The summed E-state index contributed by atoms with van der Waals surface area (Å²) >= 11 is 0. The van der Waals surface area contributed by atoms with Gasteiger partial charge in [0.1, 0.15) is 5.60 Å². The van der Waals surface area contributed by atoms with Crippen LogP contribution in [0.5, 0.6) is 0 Å². The van der Waals surface area contributed by atoms with Crippen molar-refractivity contribution in [2.45, 2.75) is 46.6 Å². The molecule has 17 heavy (non-hydrogen) atoms. The van der Waals surface area contributed by atoms with Crippen molar-refractivity contribution in [3.8, 4) is 0 Å². The molecular formula is C13H20O4. The molecule has 0 rings (SSSR count). The summed E-state index contributed by atoms with van der Waals surface area (Å²) in [6.45, 7) is 8.45. The second-order valence-electron chi connectivity index (χ2n) is 4.52. The molecule has 0 saturated heterocycles. The van der Waals surface area contributed by atoms with Crippen molar-refractivity contribution in [3.63, 3.8) is 0 Å². The van der Waals surface area contributed by atoms with Crippen LogP contribution in [0.4, 0.5) is 0 Å². The number of allylic oxidation sites excluding steroid dienone is 1. The molecule has 0 saturated carbocycles. The van der Waals surface area contributed by atoms with Gasteiger partial charge in [-0.25, -0.2) is 9.59 Å². The summed E-state index contributed by atoms with van der Waals surface area (Å²) < 4.78 is 5.28. The Bertz CT molecular complexity index is 362. The second kappa shape index (κ2) is 6.23. The predicted octanol–water partition coefficient (Wildman–Crippen LogP) is 2.70. The molecule has 0 aliphatic carbocycles. The van der Waals surface area contributed by atoms with Crippen LogP contribution in [0, 0.1) is 0 Å². The van der Waals surface area contributed by atoms with E-state index in [1.807, 2.05) is 0 Å². The lowest BCUT2D eigenvalue weighted by Crippen LogP contribution is -2.28. The first-order valence-electron chi connectivity index (χ1n) is 5.46. The molecule has 0 amide bonds. The van der Waals surface area contributed by atoms with Crippen molar-refractivity contribution in [3.05, 3.63) is 23.3 Å². The average molecular weight is 240 g/mol. The predicted molar refractivity (Wildman–Crippen MR) is 65.6 cm³/mol. The van der Waals surface area contributed by atoms with Crippen LogP contribution in [0.1, 0.15) is 41.0 Å². The van der Waals surface area contributed by atoms with E-state index < -0.39 is 11.6 Å². The molecule has 0 aromatic heterocycles. The van der Waals surface area contributed by atoms with Crippen LogP contribution in [0.25, 0.3) is 0 Å². The minimum Gasteiger partial charge on any atom is -0.478 e. The van der Waals surface area contributed by atoms with Gasteiger partial charge in [0.2, 0.25) is 0 Å². The third-order valence-electron chi connectivity index (χ3n) is 2.36. The summed E-state index contributed by atoms with van der Waals surface area (Å²) in [7, 11) is 0. The molecule has 0 aliphatic heterocycles. The van der Waals surface area contributed by atoms with Gasteiger partial charge in [-0.1, -0.05) is 12.2 Å². The van der Waals surface area contributed by atoms with Gasteiger partial charge in [-0.15, -0.1) is 0 Å². The summed E-state index contributed by atoms with van der Waals surface area (Å²) in [5.74, 6) is -1.34. The number of carboxylic acid groups (broad SMARTS) is 1. The highest BCUT2D eigenvalue weighted by Gasteiger charge is 2.22. The van der Waals surface area contributed by atoms with E-state index in [9.17, 15) is 9.59 Å². The largest absolute Gasteiger partial charge is 0.478 e. The third kappa shape index (κ3) is 5.90. The van der Waals surface area contributed by atoms with Crippen LogP contribution < -0.4 is 0 Å². The van der Waals surface area contributed by atoms with Gasteiger partial charge >= 0.3 is 11.9 Å². The topological polar surface area (TPSA) is 63.6 Å². The van der Waals surface area contributed by atoms with Gasteiger partial charge in [0.05, 0.1) is 0 Å². The normalized spacial score (nSPS) is 13.5. The maximum absolute atomic E-state index is 11.5. The molecular weight excluding hydrogens is 220 g/mol. The Morgan fingerprint density at radius 1 is 1.24 bits per heavy atom. The number of aliphatic carboxylic acids is 1. The molecule has 4 heteroatoms. The third-order valence-corrected chi connectivity index (χ3v) is 2.36. The molecule has 0 aliphatic rings. The van der Waals surface area contributed by atoms with Crippen molar-refractivity contribution >= 4 is 11.9 Å². The number of rotatable bonds is 5. The highest BCUT2D eigenvalue weighted by molar-refractivity contribution is 5.88. The Kier molecular flexibility index (Phi) is 5.65. The summed E-state index contributed by atoms with van der Waals surface area (Å²) in [6, 6.07) is 0. The summed E-state index contributed by atoms with van der Waals surface area (Å²) in [6.07, 6.45) is 3.60. The summed E-state index contributed by atoms with van der Waals surface area (Å²) in [5, 5.41) is 8.70.